The molecule has 0 spiro atoms. The normalized spacial score (nSPS) is 21.3. The minimum absolute atomic E-state index is 0.0863. The van der Waals surface area contributed by atoms with Gasteiger partial charge in [0, 0.05) is 68.7 Å². The van der Waals surface area contributed by atoms with Crippen molar-refractivity contribution in [3.8, 4) is 11.3 Å². The summed E-state index contributed by atoms with van der Waals surface area (Å²) in [5, 5.41) is 0. The van der Waals surface area contributed by atoms with Gasteiger partial charge in [-0.15, -0.1) is 0 Å². The van der Waals surface area contributed by atoms with Crippen LogP contribution in [-0.4, -0.2) is 66.2 Å². The van der Waals surface area contributed by atoms with E-state index in [1.165, 1.54) is 16.7 Å². The fourth-order valence-corrected chi connectivity index (χ4v) is 6.93. The molecule has 0 saturated carbocycles. The molecular weight excluding hydrogens is 503 g/mol. The Hall–Kier alpha value is -4.13. The molecule has 2 radical (unpaired) electrons. The first-order chi connectivity index (χ1) is 19.9. The molecule has 1 aromatic carbocycles. The van der Waals surface area contributed by atoms with Crippen LogP contribution in [0.4, 0.5) is 11.5 Å². The molecule has 2 saturated heterocycles. The highest BCUT2D eigenvalue weighted by Gasteiger charge is 2.33. The number of piperidine rings is 1. The molecule has 1 atom stereocenters. The fraction of sp³-hybridized carbons (Fsp3) is 0.324. The Kier molecular flexibility index (Phi) is 6.33. The lowest BCUT2D eigenvalue weighted by Crippen LogP contribution is -2.46. The van der Waals surface area contributed by atoms with Gasteiger partial charge >= 0.3 is 0 Å². The molecule has 3 bridgehead atoms. The van der Waals surface area contributed by atoms with E-state index < -0.39 is 0 Å². The van der Waals surface area contributed by atoms with Gasteiger partial charge in [0.1, 0.15) is 19.5 Å². The third kappa shape index (κ3) is 4.30. The number of likely N-dealkylation sites (tertiary alicyclic amines) is 2. The fourth-order valence-electron chi connectivity index (χ4n) is 6.93. The SMILES string of the molecule is [B]c1cc2c3nc1-c1ccccc1Cc1ccnc(c1N3C)C(C)/C=C/N=C2N1CCC(N2CCC(=C)C2=C)CC1. The zero-order chi connectivity index (χ0) is 28.2. The summed E-state index contributed by atoms with van der Waals surface area (Å²) in [6, 6.07) is 13.2. The molecule has 0 amide bonds. The summed E-state index contributed by atoms with van der Waals surface area (Å²) in [7, 11) is 8.94. The number of benzene rings is 1. The van der Waals surface area contributed by atoms with Crippen molar-refractivity contribution >= 4 is 30.6 Å². The Bertz CT molecular complexity index is 1630. The second kappa shape index (κ2) is 10.1. The third-order valence-corrected chi connectivity index (χ3v) is 9.23. The van der Waals surface area contributed by atoms with Crippen molar-refractivity contribution in [3.63, 3.8) is 0 Å². The molecule has 4 aliphatic rings. The molecule has 0 aliphatic carbocycles. The van der Waals surface area contributed by atoms with Crippen LogP contribution in [0.15, 0.2) is 84.3 Å². The number of allylic oxidation sites excluding steroid dienone is 2. The molecule has 7 heteroatoms. The quantitative estimate of drug-likeness (QED) is 0.398. The van der Waals surface area contributed by atoms with Crippen LogP contribution in [0.25, 0.3) is 11.3 Å². The largest absolute Gasteiger partial charge is 0.368 e. The van der Waals surface area contributed by atoms with Crippen LogP contribution in [-0.2, 0) is 6.42 Å². The Morgan fingerprint density at radius 3 is 2.59 bits per heavy atom. The second-order valence-electron chi connectivity index (χ2n) is 11.7. The first kappa shape index (κ1) is 25.8. The van der Waals surface area contributed by atoms with E-state index in [4.69, 9.17) is 22.8 Å². The van der Waals surface area contributed by atoms with E-state index >= 15 is 0 Å². The minimum atomic E-state index is 0.0863. The molecule has 1 unspecified atom stereocenters. The Balaban J connectivity index is 1.36. The van der Waals surface area contributed by atoms with Crippen molar-refractivity contribution in [2.24, 2.45) is 4.99 Å². The minimum Gasteiger partial charge on any atom is -0.368 e. The summed E-state index contributed by atoms with van der Waals surface area (Å²) in [4.78, 5) is 22.4. The van der Waals surface area contributed by atoms with Crippen molar-refractivity contribution in [1.82, 2.24) is 19.8 Å². The highest BCUT2D eigenvalue weighted by Crippen LogP contribution is 2.40. The zero-order valence-corrected chi connectivity index (χ0v) is 24.0. The highest BCUT2D eigenvalue weighted by molar-refractivity contribution is 6.36. The molecule has 0 N–H and O–H groups in total. The van der Waals surface area contributed by atoms with Gasteiger partial charge in [0.15, 0.2) is 0 Å². The first-order valence-electron chi connectivity index (χ1n) is 14.6. The number of hydrogen-bond donors (Lipinski definition) is 0. The maximum Gasteiger partial charge on any atom is 0.144 e. The van der Waals surface area contributed by atoms with Crippen molar-refractivity contribution in [3.05, 3.63) is 102 Å². The average molecular weight is 539 g/mol. The first-order valence-corrected chi connectivity index (χ1v) is 14.6. The van der Waals surface area contributed by atoms with Gasteiger partial charge in [-0.2, -0.15) is 0 Å². The van der Waals surface area contributed by atoms with Crippen molar-refractivity contribution < 1.29 is 0 Å². The molecule has 204 valence electrons. The topological polar surface area (TPSA) is 47.9 Å². The van der Waals surface area contributed by atoms with Gasteiger partial charge in [-0.25, -0.2) is 9.98 Å². The van der Waals surface area contributed by atoms with Crippen LogP contribution in [0.5, 0.6) is 0 Å². The van der Waals surface area contributed by atoms with Gasteiger partial charge in [0.25, 0.3) is 0 Å². The van der Waals surface area contributed by atoms with E-state index in [2.05, 4.69) is 84.3 Å². The number of nitrogens with zero attached hydrogens (tertiary/aromatic N) is 6. The molecule has 2 aromatic heterocycles. The summed E-state index contributed by atoms with van der Waals surface area (Å²) in [5.41, 5.74) is 10.4. The lowest BCUT2D eigenvalue weighted by molar-refractivity contribution is 0.189. The predicted octanol–water partition coefficient (Wildman–Crippen LogP) is 5.23. The maximum absolute atomic E-state index is 6.82. The van der Waals surface area contributed by atoms with Crippen molar-refractivity contribution in [2.45, 2.75) is 44.6 Å². The Morgan fingerprint density at radius 2 is 1.80 bits per heavy atom. The molecule has 41 heavy (non-hydrogen) atoms. The molecule has 3 aromatic rings. The number of aliphatic imine (C=N–C) groups is 1. The molecular formula is C34H35BN6. The molecule has 6 nitrogen and oxygen atoms in total. The van der Waals surface area contributed by atoms with Crippen LogP contribution < -0.4 is 10.4 Å². The summed E-state index contributed by atoms with van der Waals surface area (Å²) in [5.74, 6) is 1.86. The number of hydrogen-bond acceptors (Lipinski definition) is 6. The number of aromatic nitrogens is 2. The second-order valence-corrected chi connectivity index (χ2v) is 11.7. The van der Waals surface area contributed by atoms with Crippen LogP contribution in [0.3, 0.4) is 0 Å². The molecule has 2 fully saturated rings. The average Bonchev–Trinajstić information content (AvgIpc) is 3.33. The molecule has 4 aliphatic heterocycles. The van der Waals surface area contributed by atoms with Gasteiger partial charge in [-0.05, 0) is 42.0 Å². The Labute approximate surface area is 244 Å². The van der Waals surface area contributed by atoms with Gasteiger partial charge in [0.05, 0.1) is 22.6 Å². The summed E-state index contributed by atoms with van der Waals surface area (Å²) >= 11 is 0. The van der Waals surface area contributed by atoms with E-state index in [1.54, 1.807) is 0 Å². The van der Waals surface area contributed by atoms with E-state index in [0.29, 0.717) is 11.5 Å². The number of amidine groups is 1. The number of rotatable bonds is 1. The van der Waals surface area contributed by atoms with E-state index in [0.717, 1.165) is 90.9 Å². The number of fused-ring (bicyclic) bond motifs is 3. The number of anilines is 2. The van der Waals surface area contributed by atoms with Gasteiger partial charge < -0.3 is 14.7 Å². The highest BCUT2D eigenvalue weighted by atomic mass is 15.3. The predicted molar refractivity (Wildman–Crippen MR) is 168 cm³/mol. The third-order valence-electron chi connectivity index (χ3n) is 9.23. The van der Waals surface area contributed by atoms with Crippen LogP contribution in [0, 0.1) is 0 Å². The van der Waals surface area contributed by atoms with Crippen molar-refractivity contribution in [2.75, 3.05) is 31.6 Å². The van der Waals surface area contributed by atoms with E-state index in [9.17, 15) is 0 Å². The summed E-state index contributed by atoms with van der Waals surface area (Å²) < 4.78 is 0. The smallest absolute Gasteiger partial charge is 0.144 e. The standard InChI is InChI=1S/C34H35BN6/c1-21-11-18-41(23(21)3)26-12-16-40(17-13-26)33-28-20-29(35)31-27-8-6-5-7-24(27)19-25-10-15-36-30(22(2)9-14-37-33)32(25)39(4)34(28)38-31/h5-10,14-15,20,22,26H,1,3,11-13,16-19H2,2,4H3/b14-9+,37-33?. The van der Waals surface area contributed by atoms with Crippen LogP contribution >= 0.6 is 0 Å². The molecule has 6 heterocycles. The Morgan fingerprint density at radius 1 is 1.00 bits per heavy atom. The van der Waals surface area contributed by atoms with Crippen LogP contribution in [0.2, 0.25) is 0 Å². The number of pyridine rings is 2. The van der Waals surface area contributed by atoms with Gasteiger partial charge in [-0.1, -0.05) is 62.0 Å². The van der Waals surface area contributed by atoms with Gasteiger partial charge in [-0.3, -0.25) is 4.98 Å². The zero-order valence-electron chi connectivity index (χ0n) is 24.0. The van der Waals surface area contributed by atoms with Crippen LogP contribution in [0.1, 0.15) is 54.5 Å². The molecule has 7 rings (SSSR count). The van der Waals surface area contributed by atoms with Crippen molar-refractivity contribution in [1.29, 1.82) is 0 Å². The summed E-state index contributed by atoms with van der Waals surface area (Å²) in [6.45, 7) is 13.5. The monoisotopic (exact) mass is 538 g/mol. The van der Waals surface area contributed by atoms with E-state index in [-0.39, 0.29) is 5.92 Å². The lowest BCUT2D eigenvalue weighted by Gasteiger charge is -2.40. The maximum atomic E-state index is 6.82. The summed E-state index contributed by atoms with van der Waals surface area (Å²) in [6.07, 6.45) is 9.91. The lowest BCUT2D eigenvalue weighted by atomic mass is 9.87. The van der Waals surface area contributed by atoms with E-state index in [1.807, 2.05) is 12.4 Å². The van der Waals surface area contributed by atoms with Gasteiger partial charge in [0.2, 0.25) is 0 Å².